The minimum absolute atomic E-state index is 0.0800. The lowest BCUT2D eigenvalue weighted by Gasteiger charge is -2.22. The highest BCUT2D eigenvalue weighted by Gasteiger charge is 2.28. The molecule has 0 fully saturated rings. The first-order chi connectivity index (χ1) is 14.7. The maximum absolute atomic E-state index is 15.3. The summed E-state index contributed by atoms with van der Waals surface area (Å²) in [6, 6.07) is 10.1. The highest BCUT2D eigenvalue weighted by molar-refractivity contribution is 7.90. The molecule has 0 amide bonds. The second-order valence-corrected chi connectivity index (χ2v) is 7.70. The Morgan fingerprint density at radius 2 is 1.94 bits per heavy atom. The van der Waals surface area contributed by atoms with E-state index in [1.54, 1.807) is 0 Å². The van der Waals surface area contributed by atoms with E-state index in [1.165, 1.54) is 13.3 Å². The summed E-state index contributed by atoms with van der Waals surface area (Å²) in [5.41, 5.74) is 0.00367. The monoisotopic (exact) mass is 450 g/mol. The van der Waals surface area contributed by atoms with E-state index >= 15 is 4.39 Å². The minimum atomic E-state index is -4.55. The van der Waals surface area contributed by atoms with Crippen LogP contribution in [0.5, 0.6) is 11.8 Å². The molecule has 0 saturated heterocycles. The van der Waals surface area contributed by atoms with Crippen molar-refractivity contribution in [3.05, 3.63) is 54.0 Å². The minimum Gasteiger partial charge on any atom is -0.488 e. The molecule has 0 bridgehead atoms. The molecule has 2 aromatic carbocycles. The zero-order chi connectivity index (χ0) is 22.6. The van der Waals surface area contributed by atoms with Crippen LogP contribution in [0.4, 0.5) is 10.1 Å². The molecular formula is C19H19FN4O6S. The number of nitrogens with zero attached hydrogens (tertiary/aromatic N) is 3. The fourth-order valence-electron chi connectivity index (χ4n) is 2.73. The Morgan fingerprint density at radius 1 is 1.23 bits per heavy atom. The Morgan fingerprint density at radius 3 is 2.55 bits per heavy atom. The maximum Gasteiger partial charge on any atom is 0.326 e. The summed E-state index contributed by atoms with van der Waals surface area (Å²) >= 11 is 0. The van der Waals surface area contributed by atoms with Gasteiger partial charge < -0.3 is 14.2 Å². The van der Waals surface area contributed by atoms with E-state index in [-0.39, 0.29) is 29.3 Å². The molecule has 0 aliphatic carbocycles. The first-order valence-corrected chi connectivity index (χ1v) is 10.3. The number of aromatic nitrogens is 2. The maximum atomic E-state index is 15.3. The zero-order valence-electron chi connectivity index (χ0n) is 16.6. The number of hydrogen-bond donors (Lipinski definition) is 1. The van der Waals surface area contributed by atoms with E-state index in [4.69, 9.17) is 14.6 Å². The van der Waals surface area contributed by atoms with Crippen molar-refractivity contribution < 1.29 is 31.8 Å². The van der Waals surface area contributed by atoms with E-state index in [1.807, 2.05) is 30.3 Å². The van der Waals surface area contributed by atoms with Crippen molar-refractivity contribution in [1.29, 1.82) is 0 Å². The Bertz CT molecular complexity index is 1210. The third-order valence-electron chi connectivity index (χ3n) is 4.23. The van der Waals surface area contributed by atoms with Gasteiger partial charge in [0.15, 0.2) is 5.82 Å². The normalized spacial score (nSPS) is 11.2. The number of halogens is 1. The Hall–Kier alpha value is -3.51. The lowest BCUT2D eigenvalue weighted by molar-refractivity contribution is -0.138. The van der Waals surface area contributed by atoms with Gasteiger partial charge in [0.1, 0.15) is 24.4 Å². The molecule has 0 saturated carbocycles. The summed E-state index contributed by atoms with van der Waals surface area (Å²) in [5.74, 6) is -1.92. The number of fused-ring (bicyclic) bond motifs is 1. The van der Waals surface area contributed by atoms with Gasteiger partial charge in [-0.15, -0.1) is 0 Å². The molecule has 1 aromatic heterocycles. The molecule has 1 heterocycles. The van der Waals surface area contributed by atoms with Gasteiger partial charge >= 0.3 is 12.0 Å². The lowest BCUT2D eigenvalue weighted by Crippen LogP contribution is -2.41. The molecule has 3 aromatic rings. The van der Waals surface area contributed by atoms with Crippen LogP contribution in [0.2, 0.25) is 0 Å². The van der Waals surface area contributed by atoms with Gasteiger partial charge in [-0.1, -0.05) is 30.3 Å². The van der Waals surface area contributed by atoms with Crippen molar-refractivity contribution in [3.63, 3.8) is 0 Å². The van der Waals surface area contributed by atoms with Crippen LogP contribution in [0.25, 0.3) is 10.9 Å². The third kappa shape index (κ3) is 4.98. The summed E-state index contributed by atoms with van der Waals surface area (Å²) in [7, 11) is -2.19. The molecule has 0 aliphatic rings. The molecule has 0 unspecified atom stereocenters. The van der Waals surface area contributed by atoms with E-state index in [0.29, 0.717) is 4.31 Å². The average molecular weight is 450 g/mol. The quantitative estimate of drug-likeness (QED) is 0.511. The topological polar surface area (TPSA) is 134 Å². The molecule has 10 nitrogen and oxygen atoms in total. The summed E-state index contributed by atoms with van der Waals surface area (Å²) in [4.78, 5) is 19.7. The number of hydrogen-bond acceptors (Lipinski definition) is 8. The first kappa shape index (κ1) is 22.2. The van der Waals surface area contributed by atoms with E-state index in [9.17, 15) is 13.2 Å². The van der Waals surface area contributed by atoms with Gasteiger partial charge in [-0.2, -0.15) is 13.4 Å². The smallest absolute Gasteiger partial charge is 0.326 e. The van der Waals surface area contributed by atoms with Crippen LogP contribution >= 0.6 is 0 Å². The van der Waals surface area contributed by atoms with Crippen LogP contribution in [-0.4, -0.2) is 45.1 Å². The fourth-order valence-corrected chi connectivity index (χ4v) is 3.42. The van der Waals surface area contributed by atoms with Crippen LogP contribution in [0.3, 0.4) is 0 Å². The van der Waals surface area contributed by atoms with Gasteiger partial charge in [-0.05, 0) is 5.56 Å². The van der Waals surface area contributed by atoms with Gasteiger partial charge in [0.2, 0.25) is 0 Å². The molecule has 2 N–H and O–H groups in total. The molecule has 12 heteroatoms. The van der Waals surface area contributed by atoms with Crippen molar-refractivity contribution in [2.24, 2.45) is 5.14 Å². The van der Waals surface area contributed by atoms with Gasteiger partial charge in [0.05, 0.1) is 25.3 Å². The largest absolute Gasteiger partial charge is 0.488 e. The highest BCUT2D eigenvalue weighted by atomic mass is 32.2. The van der Waals surface area contributed by atoms with Gasteiger partial charge in [-0.3, -0.25) is 4.79 Å². The van der Waals surface area contributed by atoms with Crippen LogP contribution in [0, 0.1) is 5.82 Å². The van der Waals surface area contributed by atoms with Crippen molar-refractivity contribution in [2.75, 3.05) is 25.1 Å². The van der Waals surface area contributed by atoms with Gasteiger partial charge in [-0.25, -0.2) is 18.8 Å². The Balaban J connectivity index is 2.17. The number of ether oxygens (including phenoxy) is 3. The lowest BCUT2D eigenvalue weighted by atomic mass is 10.2. The van der Waals surface area contributed by atoms with Crippen LogP contribution in [0.15, 0.2) is 42.6 Å². The molecule has 0 aliphatic heterocycles. The standard InChI is InChI=1S/C19H19FN4O6S/c1-28-16(25)10-24(31(21,26)27)14-8-15(30-11-12-6-4-3-5-7-12)13-9-22-19(29-2)23-18(13)17(14)20/h3-9H,10-11H2,1-2H3,(H2,21,26,27). The number of rotatable bonds is 8. The molecule has 3 rings (SSSR count). The molecular weight excluding hydrogens is 431 g/mol. The summed E-state index contributed by atoms with van der Waals surface area (Å²) in [6.07, 6.45) is 1.29. The van der Waals surface area contributed by atoms with E-state index in [0.717, 1.165) is 18.7 Å². The summed E-state index contributed by atoms with van der Waals surface area (Å²) in [5, 5.41) is 5.40. The Kier molecular flexibility index (Phi) is 6.51. The van der Waals surface area contributed by atoms with E-state index < -0.39 is 34.2 Å². The zero-order valence-corrected chi connectivity index (χ0v) is 17.4. The molecule has 164 valence electrons. The molecule has 0 radical (unpaired) electrons. The van der Waals surface area contributed by atoms with Crippen LogP contribution in [-0.2, 0) is 26.3 Å². The predicted molar refractivity (Wildman–Crippen MR) is 109 cm³/mol. The number of methoxy groups -OCH3 is 2. The summed E-state index contributed by atoms with van der Waals surface area (Å²) < 4.78 is 55.2. The second-order valence-electron chi connectivity index (χ2n) is 6.23. The van der Waals surface area contributed by atoms with Crippen molar-refractivity contribution >= 4 is 32.8 Å². The van der Waals surface area contributed by atoms with E-state index in [2.05, 4.69) is 14.7 Å². The SMILES string of the molecule is COC(=O)CN(c1cc(OCc2ccccc2)c2cnc(OC)nc2c1F)S(N)(=O)=O. The first-order valence-electron chi connectivity index (χ1n) is 8.81. The number of benzene rings is 2. The van der Waals surface area contributed by atoms with Crippen molar-refractivity contribution in [1.82, 2.24) is 9.97 Å². The van der Waals surface area contributed by atoms with Crippen LogP contribution in [0.1, 0.15) is 5.56 Å². The predicted octanol–water partition coefficient (Wildman–Crippen LogP) is 1.54. The number of carbonyl (C=O) groups excluding carboxylic acids is 1. The summed E-state index contributed by atoms with van der Waals surface area (Å²) in [6.45, 7) is -0.752. The second kappa shape index (κ2) is 9.10. The van der Waals surface area contributed by atoms with Gasteiger partial charge in [0, 0.05) is 12.3 Å². The average Bonchev–Trinajstić information content (AvgIpc) is 2.77. The number of anilines is 1. The van der Waals surface area contributed by atoms with Crippen LogP contribution < -0.4 is 18.9 Å². The van der Waals surface area contributed by atoms with Crippen molar-refractivity contribution in [2.45, 2.75) is 6.61 Å². The Labute approximate surface area is 177 Å². The molecule has 31 heavy (non-hydrogen) atoms. The number of carbonyl (C=O) groups is 1. The third-order valence-corrected chi connectivity index (χ3v) is 5.17. The molecule has 0 spiro atoms. The fraction of sp³-hybridized carbons (Fsp3) is 0.211. The molecule has 0 atom stereocenters. The number of esters is 1. The van der Waals surface area contributed by atoms with Gasteiger partial charge in [0.25, 0.3) is 10.2 Å². The number of nitrogens with two attached hydrogens (primary N) is 1. The van der Waals surface area contributed by atoms with Crippen molar-refractivity contribution in [3.8, 4) is 11.8 Å². The highest BCUT2D eigenvalue weighted by Crippen LogP contribution is 2.36.